The van der Waals surface area contributed by atoms with Crippen molar-refractivity contribution in [3.8, 4) is 5.88 Å². The normalized spacial score (nSPS) is 23.6. The lowest BCUT2D eigenvalue weighted by Gasteiger charge is -2.28. The van der Waals surface area contributed by atoms with Crippen LogP contribution in [-0.4, -0.2) is 68.4 Å². The van der Waals surface area contributed by atoms with Crippen LogP contribution in [-0.2, 0) is 0 Å². The fraction of sp³-hybridized carbons (Fsp3) is 0.692. The number of piperazine rings is 2. The van der Waals surface area contributed by atoms with E-state index in [0.29, 0.717) is 18.5 Å². The number of nitrogens with one attached hydrogen (secondary N) is 3. The first-order valence-corrected chi connectivity index (χ1v) is 7.26. The van der Waals surface area contributed by atoms with E-state index in [0.717, 1.165) is 51.6 Å². The van der Waals surface area contributed by atoms with Crippen LogP contribution in [0.5, 0.6) is 5.88 Å². The molecule has 1 aromatic heterocycles. The van der Waals surface area contributed by atoms with Crippen molar-refractivity contribution in [2.24, 2.45) is 0 Å². The number of anilines is 1. The van der Waals surface area contributed by atoms with E-state index in [1.54, 1.807) is 12.4 Å². The predicted molar refractivity (Wildman–Crippen MR) is 77.3 cm³/mol. The van der Waals surface area contributed by atoms with Crippen LogP contribution >= 0.6 is 0 Å². The van der Waals surface area contributed by atoms with Gasteiger partial charge in [-0.1, -0.05) is 0 Å². The number of aromatic nitrogens is 2. The smallest absolute Gasteiger partial charge is 0.234 e. The molecule has 20 heavy (non-hydrogen) atoms. The Balaban J connectivity index is 1.56. The fourth-order valence-electron chi connectivity index (χ4n) is 2.47. The number of nitrogens with zero attached hydrogens (tertiary/aromatic N) is 3. The first-order valence-electron chi connectivity index (χ1n) is 7.26. The number of ether oxygens (including phenoxy) is 1. The molecule has 7 heteroatoms. The lowest BCUT2D eigenvalue weighted by Crippen LogP contribution is -2.51. The molecule has 2 saturated heterocycles. The SMILES string of the molecule is c1ncc(N2CCNCC2)nc1OCC1CNCCN1. The van der Waals surface area contributed by atoms with E-state index in [1.807, 2.05) is 0 Å². The molecule has 1 unspecified atom stereocenters. The van der Waals surface area contributed by atoms with Crippen LogP contribution in [0.25, 0.3) is 0 Å². The number of hydrogen-bond acceptors (Lipinski definition) is 7. The van der Waals surface area contributed by atoms with Crippen molar-refractivity contribution in [2.75, 3.05) is 57.3 Å². The molecule has 1 aromatic rings. The molecule has 7 nitrogen and oxygen atoms in total. The lowest BCUT2D eigenvalue weighted by molar-refractivity contribution is 0.239. The zero-order valence-electron chi connectivity index (χ0n) is 11.6. The van der Waals surface area contributed by atoms with Gasteiger partial charge in [0.1, 0.15) is 6.61 Å². The Hall–Kier alpha value is -1.44. The summed E-state index contributed by atoms with van der Waals surface area (Å²) in [6, 6.07) is 0.341. The second kappa shape index (κ2) is 6.83. The van der Waals surface area contributed by atoms with E-state index in [9.17, 15) is 0 Å². The Bertz CT molecular complexity index is 417. The summed E-state index contributed by atoms with van der Waals surface area (Å²) in [5.41, 5.74) is 0. The molecule has 2 aliphatic heterocycles. The summed E-state index contributed by atoms with van der Waals surface area (Å²) in [6.07, 6.45) is 3.49. The summed E-state index contributed by atoms with van der Waals surface area (Å²) in [5, 5.41) is 10.1. The van der Waals surface area contributed by atoms with Crippen LogP contribution in [0.2, 0.25) is 0 Å². The Morgan fingerprint density at radius 2 is 2.05 bits per heavy atom. The second-order valence-electron chi connectivity index (χ2n) is 5.12. The molecule has 2 aliphatic rings. The van der Waals surface area contributed by atoms with E-state index < -0.39 is 0 Å². The molecule has 3 heterocycles. The van der Waals surface area contributed by atoms with E-state index in [2.05, 4.69) is 30.8 Å². The van der Waals surface area contributed by atoms with Gasteiger partial charge in [-0.05, 0) is 0 Å². The van der Waals surface area contributed by atoms with Crippen molar-refractivity contribution in [3.63, 3.8) is 0 Å². The average Bonchev–Trinajstić information content (AvgIpc) is 2.55. The van der Waals surface area contributed by atoms with Crippen molar-refractivity contribution < 1.29 is 4.74 Å². The van der Waals surface area contributed by atoms with Crippen LogP contribution in [0.1, 0.15) is 0 Å². The van der Waals surface area contributed by atoms with E-state index >= 15 is 0 Å². The van der Waals surface area contributed by atoms with Crippen LogP contribution in [0, 0.1) is 0 Å². The molecule has 2 fully saturated rings. The molecule has 1 atom stereocenters. The zero-order chi connectivity index (χ0) is 13.6. The predicted octanol–water partition coefficient (Wildman–Crippen LogP) is -1.17. The molecule has 0 amide bonds. The quantitative estimate of drug-likeness (QED) is 0.640. The summed E-state index contributed by atoms with van der Waals surface area (Å²) >= 11 is 0. The molecule has 0 aliphatic carbocycles. The summed E-state index contributed by atoms with van der Waals surface area (Å²) < 4.78 is 5.76. The number of rotatable bonds is 4. The van der Waals surface area contributed by atoms with Crippen molar-refractivity contribution in [1.29, 1.82) is 0 Å². The minimum Gasteiger partial charge on any atom is -0.475 e. The minimum absolute atomic E-state index is 0.341. The first-order chi connectivity index (χ1) is 9.92. The highest BCUT2D eigenvalue weighted by Gasteiger charge is 2.15. The third-order valence-corrected chi connectivity index (χ3v) is 3.60. The second-order valence-corrected chi connectivity index (χ2v) is 5.12. The summed E-state index contributed by atoms with van der Waals surface area (Å²) in [5.74, 6) is 1.51. The maximum absolute atomic E-state index is 5.76. The Labute approximate surface area is 119 Å². The van der Waals surface area contributed by atoms with Gasteiger partial charge in [-0.2, -0.15) is 4.98 Å². The van der Waals surface area contributed by atoms with Gasteiger partial charge in [0.2, 0.25) is 5.88 Å². The topological polar surface area (TPSA) is 74.3 Å². The van der Waals surface area contributed by atoms with Gasteiger partial charge >= 0.3 is 0 Å². The van der Waals surface area contributed by atoms with Crippen LogP contribution in [0.15, 0.2) is 12.4 Å². The fourth-order valence-corrected chi connectivity index (χ4v) is 2.47. The third-order valence-electron chi connectivity index (χ3n) is 3.60. The molecule has 0 spiro atoms. The largest absolute Gasteiger partial charge is 0.475 e. The summed E-state index contributed by atoms with van der Waals surface area (Å²) in [4.78, 5) is 11.0. The summed E-state index contributed by atoms with van der Waals surface area (Å²) in [6.45, 7) is 7.47. The standard InChI is InChI=1S/C13H22N6O/c1-2-17-11(7-15-1)10-20-13-9-16-8-12(18-13)19-5-3-14-4-6-19/h8-9,11,14-15,17H,1-7,10H2. The van der Waals surface area contributed by atoms with E-state index in [-0.39, 0.29) is 0 Å². The summed E-state index contributed by atoms with van der Waals surface area (Å²) in [7, 11) is 0. The van der Waals surface area contributed by atoms with Gasteiger partial charge in [-0.15, -0.1) is 0 Å². The van der Waals surface area contributed by atoms with Crippen molar-refractivity contribution in [2.45, 2.75) is 6.04 Å². The van der Waals surface area contributed by atoms with Crippen molar-refractivity contribution in [3.05, 3.63) is 12.4 Å². The molecular formula is C13H22N6O. The van der Waals surface area contributed by atoms with E-state index in [1.165, 1.54) is 0 Å². The molecule has 0 saturated carbocycles. The minimum atomic E-state index is 0.341. The van der Waals surface area contributed by atoms with Gasteiger partial charge in [0.25, 0.3) is 0 Å². The van der Waals surface area contributed by atoms with Crippen molar-refractivity contribution in [1.82, 2.24) is 25.9 Å². The molecule has 3 rings (SSSR count). The van der Waals surface area contributed by atoms with E-state index in [4.69, 9.17) is 4.74 Å². The van der Waals surface area contributed by atoms with Gasteiger partial charge in [-0.25, -0.2) is 0 Å². The molecule has 3 N–H and O–H groups in total. The Morgan fingerprint density at radius 1 is 1.15 bits per heavy atom. The van der Waals surface area contributed by atoms with Gasteiger partial charge in [0.15, 0.2) is 5.82 Å². The Kier molecular flexibility index (Phi) is 4.62. The number of hydrogen-bond donors (Lipinski definition) is 3. The molecule has 0 radical (unpaired) electrons. The first kappa shape index (κ1) is 13.5. The maximum atomic E-state index is 5.76. The van der Waals surface area contributed by atoms with Crippen LogP contribution in [0.4, 0.5) is 5.82 Å². The highest BCUT2D eigenvalue weighted by molar-refractivity contribution is 5.38. The molecule has 110 valence electrons. The average molecular weight is 278 g/mol. The molecular weight excluding hydrogens is 256 g/mol. The monoisotopic (exact) mass is 278 g/mol. The molecule has 0 aromatic carbocycles. The van der Waals surface area contributed by atoms with Gasteiger partial charge in [0, 0.05) is 45.8 Å². The van der Waals surface area contributed by atoms with Gasteiger partial charge in [-0.3, -0.25) is 4.98 Å². The zero-order valence-corrected chi connectivity index (χ0v) is 11.6. The van der Waals surface area contributed by atoms with Gasteiger partial charge in [0.05, 0.1) is 18.4 Å². The van der Waals surface area contributed by atoms with Gasteiger partial charge < -0.3 is 25.6 Å². The molecule has 0 bridgehead atoms. The van der Waals surface area contributed by atoms with Crippen molar-refractivity contribution >= 4 is 5.82 Å². The third kappa shape index (κ3) is 3.56. The Morgan fingerprint density at radius 3 is 2.85 bits per heavy atom. The van der Waals surface area contributed by atoms with Crippen LogP contribution in [0.3, 0.4) is 0 Å². The highest BCUT2D eigenvalue weighted by atomic mass is 16.5. The maximum Gasteiger partial charge on any atom is 0.234 e. The van der Waals surface area contributed by atoms with Crippen LogP contribution < -0.4 is 25.6 Å². The highest BCUT2D eigenvalue weighted by Crippen LogP contribution is 2.14. The lowest BCUT2D eigenvalue weighted by atomic mass is 10.2.